The summed E-state index contributed by atoms with van der Waals surface area (Å²) in [5.41, 5.74) is 0. The molecule has 22 heavy (non-hydrogen) atoms. The summed E-state index contributed by atoms with van der Waals surface area (Å²) in [6.07, 6.45) is 9.50. The van der Waals surface area contributed by atoms with Crippen molar-refractivity contribution in [1.82, 2.24) is 5.32 Å². The van der Waals surface area contributed by atoms with E-state index in [-0.39, 0.29) is 29.1 Å². The van der Waals surface area contributed by atoms with E-state index >= 15 is 0 Å². The van der Waals surface area contributed by atoms with Crippen LogP contribution in [-0.4, -0.2) is 29.1 Å². The first kappa shape index (κ1) is 19.2. The van der Waals surface area contributed by atoms with Crippen LogP contribution in [0.2, 0.25) is 0 Å². The van der Waals surface area contributed by atoms with E-state index in [2.05, 4.69) is 12.2 Å². The Bertz CT molecular complexity index is 371. The molecule has 5 heteroatoms. The summed E-state index contributed by atoms with van der Waals surface area (Å²) in [6.45, 7) is 2.58. The fourth-order valence-corrected chi connectivity index (χ4v) is 3.61. The van der Waals surface area contributed by atoms with Crippen molar-refractivity contribution >= 4 is 28.6 Å². The molecule has 0 saturated carbocycles. The van der Waals surface area contributed by atoms with Gasteiger partial charge < -0.3 is 5.32 Å². The Morgan fingerprint density at radius 2 is 1.82 bits per heavy atom. The molecule has 0 radical (unpaired) electrons. The number of unbranched alkanes of at least 4 members (excludes halogenated alkanes) is 6. The third kappa shape index (κ3) is 8.57. The smallest absolute Gasteiger partial charge is 0.227 e. The maximum Gasteiger partial charge on any atom is 0.227 e. The Labute approximate surface area is 138 Å². The average Bonchev–Trinajstić information content (AvgIpc) is 2.89. The van der Waals surface area contributed by atoms with Crippen LogP contribution in [0.5, 0.6) is 0 Å². The Balaban J connectivity index is 1.99. The summed E-state index contributed by atoms with van der Waals surface area (Å²) in [5, 5.41) is 2.88. The predicted octanol–water partition coefficient (Wildman–Crippen LogP) is 3.48. The van der Waals surface area contributed by atoms with Gasteiger partial charge in [0, 0.05) is 24.6 Å². The largest absolute Gasteiger partial charge is 0.355 e. The van der Waals surface area contributed by atoms with E-state index < -0.39 is 0 Å². The second kappa shape index (κ2) is 11.7. The number of amides is 1. The summed E-state index contributed by atoms with van der Waals surface area (Å²) in [5.74, 6) is 0.555. The Hall–Kier alpha value is -0.840. The van der Waals surface area contributed by atoms with Crippen molar-refractivity contribution in [3.05, 3.63) is 0 Å². The Kier molecular flexibility index (Phi) is 10.2. The molecule has 1 rings (SSSR count). The van der Waals surface area contributed by atoms with Crippen LogP contribution in [-0.2, 0) is 14.4 Å². The third-order valence-corrected chi connectivity index (χ3v) is 5.06. The third-order valence-electron chi connectivity index (χ3n) is 4.01. The number of carbonyl (C=O) groups is 3. The monoisotopic (exact) mass is 327 g/mol. The molecule has 0 aromatic heterocycles. The van der Waals surface area contributed by atoms with Crippen molar-refractivity contribution in [2.24, 2.45) is 5.92 Å². The maximum atomic E-state index is 11.7. The number of thioether (sulfide) groups is 1. The van der Waals surface area contributed by atoms with E-state index in [1.54, 1.807) is 0 Å². The van der Waals surface area contributed by atoms with Crippen LogP contribution in [0.25, 0.3) is 0 Å². The number of hydrogen-bond acceptors (Lipinski definition) is 4. The lowest BCUT2D eigenvalue weighted by atomic mass is 10.1. The molecule has 0 spiro atoms. The topological polar surface area (TPSA) is 63.2 Å². The minimum absolute atomic E-state index is 0.0122. The zero-order valence-corrected chi connectivity index (χ0v) is 14.5. The van der Waals surface area contributed by atoms with Gasteiger partial charge in [0.15, 0.2) is 5.12 Å². The molecule has 1 fully saturated rings. The molecule has 1 unspecified atom stereocenters. The van der Waals surface area contributed by atoms with Crippen molar-refractivity contribution in [3.8, 4) is 0 Å². The fourth-order valence-electron chi connectivity index (χ4n) is 2.57. The van der Waals surface area contributed by atoms with Crippen LogP contribution >= 0.6 is 11.8 Å². The van der Waals surface area contributed by atoms with Crippen LogP contribution < -0.4 is 5.32 Å². The molecule has 1 N–H and O–H groups in total. The maximum absolute atomic E-state index is 11.7. The lowest BCUT2D eigenvalue weighted by Gasteiger charge is -2.08. The zero-order valence-electron chi connectivity index (χ0n) is 13.7. The SMILES string of the molecule is CCCCCCCCCC(=O)CC(=O)NCC1CCSC1=O. The minimum Gasteiger partial charge on any atom is -0.355 e. The van der Waals surface area contributed by atoms with Crippen molar-refractivity contribution in [2.75, 3.05) is 12.3 Å². The molecule has 1 aliphatic rings. The number of ketones is 1. The van der Waals surface area contributed by atoms with Crippen LogP contribution in [0.4, 0.5) is 0 Å². The summed E-state index contributed by atoms with van der Waals surface area (Å²) >= 11 is 1.33. The second-order valence-corrected chi connectivity index (χ2v) is 7.14. The van der Waals surface area contributed by atoms with E-state index in [0.717, 1.165) is 25.0 Å². The summed E-state index contributed by atoms with van der Waals surface area (Å²) < 4.78 is 0. The van der Waals surface area contributed by atoms with Crippen molar-refractivity contribution < 1.29 is 14.4 Å². The van der Waals surface area contributed by atoms with E-state index in [0.29, 0.717) is 13.0 Å². The second-order valence-electron chi connectivity index (χ2n) is 6.04. The molecule has 126 valence electrons. The lowest BCUT2D eigenvalue weighted by molar-refractivity contribution is -0.128. The van der Waals surface area contributed by atoms with Gasteiger partial charge in [0.2, 0.25) is 5.91 Å². The number of carbonyl (C=O) groups excluding carboxylic acids is 3. The standard InChI is InChI=1S/C17H29NO3S/c1-2-3-4-5-6-7-8-9-15(19)12-16(20)18-13-14-10-11-22-17(14)21/h14H,2-13H2,1H3,(H,18,20). The predicted molar refractivity (Wildman–Crippen MR) is 90.8 cm³/mol. The molecule has 1 saturated heterocycles. The first-order chi connectivity index (χ1) is 10.6. The van der Waals surface area contributed by atoms with Crippen LogP contribution in [0.1, 0.15) is 71.1 Å². The summed E-state index contributed by atoms with van der Waals surface area (Å²) in [6, 6.07) is 0. The molecule has 0 aromatic rings. The molecular weight excluding hydrogens is 298 g/mol. The highest BCUT2D eigenvalue weighted by molar-refractivity contribution is 8.14. The fraction of sp³-hybridized carbons (Fsp3) is 0.824. The molecule has 0 aromatic carbocycles. The minimum atomic E-state index is -0.238. The van der Waals surface area contributed by atoms with Gasteiger partial charge in [0.05, 0.1) is 6.42 Å². The van der Waals surface area contributed by atoms with Crippen LogP contribution in [0, 0.1) is 5.92 Å². The van der Waals surface area contributed by atoms with Gasteiger partial charge in [-0.2, -0.15) is 0 Å². The number of hydrogen-bond donors (Lipinski definition) is 1. The van der Waals surface area contributed by atoms with Crippen molar-refractivity contribution in [3.63, 3.8) is 0 Å². The van der Waals surface area contributed by atoms with E-state index in [9.17, 15) is 14.4 Å². The zero-order chi connectivity index (χ0) is 16.2. The first-order valence-electron chi connectivity index (χ1n) is 8.58. The molecule has 1 amide bonds. The molecule has 1 atom stereocenters. The van der Waals surface area contributed by atoms with Gasteiger partial charge in [-0.05, 0) is 12.8 Å². The Morgan fingerprint density at radius 3 is 2.45 bits per heavy atom. The first-order valence-corrected chi connectivity index (χ1v) is 9.57. The van der Waals surface area contributed by atoms with Crippen LogP contribution in [0.3, 0.4) is 0 Å². The molecule has 0 bridgehead atoms. The highest BCUT2D eigenvalue weighted by Gasteiger charge is 2.25. The van der Waals surface area contributed by atoms with Gasteiger partial charge in [0.1, 0.15) is 5.78 Å². The molecular formula is C17H29NO3S. The normalized spacial score (nSPS) is 17.7. The Morgan fingerprint density at radius 1 is 1.14 bits per heavy atom. The number of Topliss-reactive ketones (excluding diaryl/α,β-unsaturated/α-hetero) is 1. The summed E-state index contributed by atoms with van der Waals surface area (Å²) in [7, 11) is 0. The van der Waals surface area contributed by atoms with Gasteiger partial charge in [0.25, 0.3) is 0 Å². The van der Waals surface area contributed by atoms with E-state index in [4.69, 9.17) is 0 Å². The quantitative estimate of drug-likeness (QED) is 0.440. The van der Waals surface area contributed by atoms with E-state index in [1.807, 2.05) is 0 Å². The molecule has 1 heterocycles. The van der Waals surface area contributed by atoms with Crippen molar-refractivity contribution in [2.45, 2.75) is 71.1 Å². The number of rotatable bonds is 12. The molecule has 4 nitrogen and oxygen atoms in total. The van der Waals surface area contributed by atoms with Gasteiger partial charge in [-0.25, -0.2) is 0 Å². The molecule has 1 aliphatic heterocycles. The highest BCUT2D eigenvalue weighted by Crippen LogP contribution is 2.24. The van der Waals surface area contributed by atoms with E-state index in [1.165, 1.54) is 43.9 Å². The van der Waals surface area contributed by atoms with Crippen LogP contribution in [0.15, 0.2) is 0 Å². The van der Waals surface area contributed by atoms with Crippen molar-refractivity contribution in [1.29, 1.82) is 0 Å². The highest BCUT2D eigenvalue weighted by atomic mass is 32.2. The molecule has 0 aliphatic carbocycles. The van der Waals surface area contributed by atoms with Gasteiger partial charge in [-0.15, -0.1) is 0 Å². The lowest BCUT2D eigenvalue weighted by Crippen LogP contribution is -2.31. The van der Waals surface area contributed by atoms with Gasteiger partial charge in [-0.1, -0.05) is 57.2 Å². The summed E-state index contributed by atoms with van der Waals surface area (Å²) in [4.78, 5) is 34.8. The number of nitrogens with one attached hydrogen (secondary N) is 1. The average molecular weight is 327 g/mol. The van der Waals surface area contributed by atoms with Gasteiger partial charge in [-0.3, -0.25) is 14.4 Å². The van der Waals surface area contributed by atoms with Gasteiger partial charge >= 0.3 is 0 Å².